The molecule has 14 heavy (non-hydrogen) atoms. The Morgan fingerprint density at radius 2 is 2.43 bits per heavy atom. The molecular formula is C10H11IO2S. The van der Waals surface area contributed by atoms with Crippen molar-refractivity contribution in [2.24, 2.45) is 0 Å². The average Bonchev–Trinajstić information content (AvgIpc) is 2.65. The lowest BCUT2D eigenvalue weighted by Gasteiger charge is -2.18. The highest BCUT2D eigenvalue weighted by molar-refractivity contribution is 14.1. The van der Waals surface area contributed by atoms with Crippen LogP contribution >= 0.6 is 33.9 Å². The lowest BCUT2D eigenvalue weighted by atomic mass is 10.0. The normalized spacial score (nSPS) is 18.6. The van der Waals surface area contributed by atoms with Crippen LogP contribution in [-0.4, -0.2) is 11.7 Å². The van der Waals surface area contributed by atoms with Crippen LogP contribution < -0.4 is 0 Å². The van der Waals surface area contributed by atoms with Crippen molar-refractivity contribution in [2.75, 3.05) is 6.61 Å². The Labute approximate surface area is 101 Å². The van der Waals surface area contributed by atoms with Crippen LogP contribution in [0.2, 0.25) is 0 Å². The van der Waals surface area contributed by atoms with Crippen molar-refractivity contribution in [1.29, 1.82) is 0 Å². The van der Waals surface area contributed by atoms with Gasteiger partial charge in [0.2, 0.25) is 0 Å². The van der Waals surface area contributed by atoms with E-state index >= 15 is 0 Å². The second-order valence-corrected chi connectivity index (χ2v) is 5.31. The second kappa shape index (κ2) is 4.63. The Bertz CT molecular complexity index is 346. The molecule has 0 aromatic carbocycles. The van der Waals surface area contributed by atoms with E-state index < -0.39 is 6.10 Å². The molecule has 1 aromatic rings. The van der Waals surface area contributed by atoms with E-state index in [2.05, 4.69) is 22.6 Å². The molecule has 4 heteroatoms. The molecule has 1 atom stereocenters. The maximum atomic E-state index is 10.1. The molecule has 0 bridgehead atoms. The lowest BCUT2D eigenvalue weighted by Crippen LogP contribution is -2.07. The minimum atomic E-state index is -0.470. The van der Waals surface area contributed by atoms with Crippen LogP contribution in [0.3, 0.4) is 0 Å². The van der Waals surface area contributed by atoms with Crippen LogP contribution in [0.5, 0.6) is 0 Å². The van der Waals surface area contributed by atoms with E-state index in [4.69, 9.17) is 4.74 Å². The molecule has 1 aliphatic rings. The number of thiophene rings is 1. The van der Waals surface area contributed by atoms with E-state index in [1.165, 1.54) is 0 Å². The summed E-state index contributed by atoms with van der Waals surface area (Å²) in [6.07, 6.45) is 3.19. The van der Waals surface area contributed by atoms with Gasteiger partial charge in [0.1, 0.15) is 6.10 Å². The summed E-state index contributed by atoms with van der Waals surface area (Å²) in [6, 6.07) is 2.02. The van der Waals surface area contributed by atoms with Gasteiger partial charge in [-0.05, 0) is 52.5 Å². The van der Waals surface area contributed by atoms with Gasteiger partial charge >= 0.3 is 0 Å². The van der Waals surface area contributed by atoms with Gasteiger partial charge in [-0.3, -0.25) is 0 Å². The molecule has 0 amide bonds. The molecule has 0 saturated heterocycles. The fourth-order valence-corrected chi connectivity index (χ4v) is 3.37. The third-order valence-electron chi connectivity index (χ3n) is 2.21. The molecule has 1 unspecified atom stereocenters. The summed E-state index contributed by atoms with van der Waals surface area (Å²) in [5.74, 6) is 0. The van der Waals surface area contributed by atoms with Gasteiger partial charge in [0.05, 0.1) is 17.7 Å². The van der Waals surface area contributed by atoms with Gasteiger partial charge in [-0.2, -0.15) is 0 Å². The monoisotopic (exact) mass is 322 g/mol. The zero-order valence-electron chi connectivity index (χ0n) is 7.57. The van der Waals surface area contributed by atoms with Crippen LogP contribution in [-0.2, 0) is 4.74 Å². The van der Waals surface area contributed by atoms with Crippen LogP contribution in [0.4, 0.5) is 0 Å². The van der Waals surface area contributed by atoms with E-state index in [-0.39, 0.29) is 0 Å². The maximum absolute atomic E-state index is 10.1. The zero-order valence-corrected chi connectivity index (χ0v) is 10.5. The first-order valence-electron chi connectivity index (χ1n) is 4.50. The van der Waals surface area contributed by atoms with Gasteiger partial charge in [-0.15, -0.1) is 11.3 Å². The first kappa shape index (κ1) is 10.4. The van der Waals surface area contributed by atoms with Gasteiger partial charge < -0.3 is 9.84 Å². The molecule has 0 fully saturated rings. The molecule has 1 N–H and O–H groups in total. The summed E-state index contributed by atoms with van der Waals surface area (Å²) in [4.78, 5) is 1.03. The topological polar surface area (TPSA) is 29.5 Å². The number of halogens is 1. The SMILES string of the molecule is OC(C1=COCCC1)c1sccc1I. The van der Waals surface area contributed by atoms with Crippen LogP contribution in [0.15, 0.2) is 23.3 Å². The minimum Gasteiger partial charge on any atom is -0.501 e. The number of aliphatic hydroxyl groups is 1. The Morgan fingerprint density at radius 1 is 1.57 bits per heavy atom. The summed E-state index contributed by atoms with van der Waals surface area (Å²) < 4.78 is 6.35. The van der Waals surface area contributed by atoms with Gasteiger partial charge in [0, 0.05) is 3.57 Å². The molecule has 2 heterocycles. The van der Waals surface area contributed by atoms with Crippen molar-refractivity contribution in [2.45, 2.75) is 18.9 Å². The van der Waals surface area contributed by atoms with Crippen molar-refractivity contribution >= 4 is 33.9 Å². The lowest BCUT2D eigenvalue weighted by molar-refractivity contribution is 0.172. The largest absolute Gasteiger partial charge is 0.501 e. The average molecular weight is 322 g/mol. The molecule has 0 spiro atoms. The predicted molar refractivity (Wildman–Crippen MR) is 65.3 cm³/mol. The van der Waals surface area contributed by atoms with E-state index in [0.29, 0.717) is 0 Å². The zero-order chi connectivity index (χ0) is 9.97. The molecule has 2 nitrogen and oxygen atoms in total. The smallest absolute Gasteiger partial charge is 0.113 e. The van der Waals surface area contributed by atoms with Gasteiger partial charge in [-0.25, -0.2) is 0 Å². The van der Waals surface area contributed by atoms with E-state index in [0.717, 1.165) is 33.5 Å². The molecule has 0 radical (unpaired) electrons. The Kier molecular flexibility index (Phi) is 3.46. The minimum absolute atomic E-state index is 0.470. The first-order valence-corrected chi connectivity index (χ1v) is 6.46. The number of rotatable bonds is 2. The van der Waals surface area contributed by atoms with Crippen LogP contribution in [0, 0.1) is 3.57 Å². The fraction of sp³-hybridized carbons (Fsp3) is 0.400. The van der Waals surface area contributed by atoms with Crippen LogP contribution in [0.1, 0.15) is 23.8 Å². The molecular weight excluding hydrogens is 311 g/mol. The fourth-order valence-electron chi connectivity index (χ4n) is 1.45. The molecule has 2 rings (SSSR count). The number of hydrogen-bond donors (Lipinski definition) is 1. The summed E-state index contributed by atoms with van der Waals surface area (Å²) in [7, 11) is 0. The van der Waals surface area contributed by atoms with Crippen molar-refractivity contribution in [3.8, 4) is 0 Å². The highest BCUT2D eigenvalue weighted by atomic mass is 127. The molecule has 76 valence electrons. The Hall–Kier alpha value is -0.0700. The Morgan fingerprint density at radius 3 is 3.00 bits per heavy atom. The standard InChI is InChI=1S/C10H11IO2S/c11-8-3-5-14-10(8)9(12)7-2-1-4-13-6-7/h3,5-6,9,12H,1-2,4H2. The van der Waals surface area contributed by atoms with Crippen molar-refractivity contribution < 1.29 is 9.84 Å². The second-order valence-electron chi connectivity index (χ2n) is 3.20. The van der Waals surface area contributed by atoms with Crippen LogP contribution in [0.25, 0.3) is 0 Å². The number of hydrogen-bond acceptors (Lipinski definition) is 3. The molecule has 0 saturated carbocycles. The summed E-state index contributed by atoms with van der Waals surface area (Å²) >= 11 is 3.85. The molecule has 1 aliphatic heterocycles. The number of ether oxygens (including phenoxy) is 1. The highest BCUT2D eigenvalue weighted by Crippen LogP contribution is 2.33. The van der Waals surface area contributed by atoms with E-state index in [1.54, 1.807) is 17.6 Å². The first-order chi connectivity index (χ1) is 6.79. The maximum Gasteiger partial charge on any atom is 0.113 e. The quantitative estimate of drug-likeness (QED) is 0.848. The van der Waals surface area contributed by atoms with Gasteiger partial charge in [0.15, 0.2) is 0 Å². The predicted octanol–water partition coefficient (Wildman–Crippen LogP) is 3.08. The number of aliphatic hydroxyl groups excluding tert-OH is 1. The van der Waals surface area contributed by atoms with Crippen molar-refractivity contribution in [3.63, 3.8) is 0 Å². The summed E-state index contributed by atoms with van der Waals surface area (Å²) in [5.41, 5.74) is 0.997. The van der Waals surface area contributed by atoms with Gasteiger partial charge in [-0.1, -0.05) is 0 Å². The third-order valence-corrected chi connectivity index (χ3v) is 4.48. The highest BCUT2D eigenvalue weighted by Gasteiger charge is 2.19. The Balaban J connectivity index is 2.19. The summed E-state index contributed by atoms with van der Waals surface area (Å²) in [6.45, 7) is 0.776. The van der Waals surface area contributed by atoms with E-state index in [1.807, 2.05) is 11.4 Å². The van der Waals surface area contributed by atoms with E-state index in [9.17, 15) is 5.11 Å². The van der Waals surface area contributed by atoms with Crippen molar-refractivity contribution in [1.82, 2.24) is 0 Å². The summed E-state index contributed by atoms with van der Waals surface area (Å²) in [5, 5.41) is 12.1. The molecule has 0 aliphatic carbocycles. The molecule has 1 aromatic heterocycles. The van der Waals surface area contributed by atoms with Gasteiger partial charge in [0.25, 0.3) is 0 Å². The third kappa shape index (κ3) is 2.12. The van der Waals surface area contributed by atoms with Crippen molar-refractivity contribution in [3.05, 3.63) is 31.7 Å².